The minimum Gasteiger partial charge on any atom is -0.342 e. The fourth-order valence-electron chi connectivity index (χ4n) is 2.12. The van der Waals surface area contributed by atoms with Crippen LogP contribution in [0.15, 0.2) is 0 Å². The molecule has 2 nitrogen and oxygen atoms in total. The molecule has 0 aromatic heterocycles. The molecule has 0 aromatic rings. The summed E-state index contributed by atoms with van der Waals surface area (Å²) in [5.41, 5.74) is 0. The van der Waals surface area contributed by atoms with Crippen molar-refractivity contribution in [3.8, 4) is 0 Å². The summed E-state index contributed by atoms with van der Waals surface area (Å²) in [4.78, 5) is 13.8. The molecule has 13 heavy (non-hydrogen) atoms. The van der Waals surface area contributed by atoms with Gasteiger partial charge in [-0.3, -0.25) is 4.79 Å². The fourth-order valence-corrected chi connectivity index (χ4v) is 2.12. The lowest BCUT2D eigenvalue weighted by Crippen LogP contribution is -2.30. The zero-order chi connectivity index (χ0) is 9.42. The molecular formula is C11H19NO. The van der Waals surface area contributed by atoms with Crippen molar-refractivity contribution < 1.29 is 4.79 Å². The highest BCUT2D eigenvalue weighted by molar-refractivity contribution is 5.81. The molecule has 1 amide bonds. The lowest BCUT2D eigenvalue weighted by atomic mass is 9.95. The van der Waals surface area contributed by atoms with E-state index in [1.165, 1.54) is 6.42 Å². The van der Waals surface area contributed by atoms with E-state index in [1.54, 1.807) is 0 Å². The number of rotatable bonds is 2. The Balaban J connectivity index is 1.86. The SMILES string of the molecule is CC(C)[C@@H]1CCN(C(=O)C2CC2)C1. The maximum absolute atomic E-state index is 11.7. The Morgan fingerprint density at radius 1 is 1.31 bits per heavy atom. The molecule has 2 heteroatoms. The average molecular weight is 181 g/mol. The van der Waals surface area contributed by atoms with E-state index in [9.17, 15) is 4.79 Å². The molecule has 0 radical (unpaired) electrons. The van der Waals surface area contributed by atoms with E-state index in [4.69, 9.17) is 0 Å². The number of amides is 1. The van der Waals surface area contributed by atoms with E-state index in [2.05, 4.69) is 18.7 Å². The van der Waals surface area contributed by atoms with E-state index in [-0.39, 0.29) is 0 Å². The number of nitrogens with zero attached hydrogens (tertiary/aromatic N) is 1. The van der Waals surface area contributed by atoms with Crippen molar-refractivity contribution in [3.05, 3.63) is 0 Å². The smallest absolute Gasteiger partial charge is 0.225 e. The van der Waals surface area contributed by atoms with Crippen molar-refractivity contribution in [1.82, 2.24) is 4.90 Å². The van der Waals surface area contributed by atoms with E-state index in [1.807, 2.05) is 0 Å². The minimum atomic E-state index is 0.408. The van der Waals surface area contributed by atoms with Crippen LogP contribution >= 0.6 is 0 Å². The van der Waals surface area contributed by atoms with Gasteiger partial charge in [0.1, 0.15) is 0 Å². The standard InChI is InChI=1S/C11H19NO/c1-8(2)10-5-6-12(7-10)11(13)9-3-4-9/h8-10H,3-7H2,1-2H3/t10-/m1/s1. The van der Waals surface area contributed by atoms with Crippen molar-refractivity contribution in [2.24, 2.45) is 17.8 Å². The van der Waals surface area contributed by atoms with Crippen LogP contribution in [0.2, 0.25) is 0 Å². The van der Waals surface area contributed by atoms with Crippen LogP contribution in [0.4, 0.5) is 0 Å². The molecule has 1 saturated heterocycles. The summed E-state index contributed by atoms with van der Waals surface area (Å²) in [7, 11) is 0. The van der Waals surface area contributed by atoms with Gasteiger partial charge in [-0.1, -0.05) is 13.8 Å². The van der Waals surface area contributed by atoms with Crippen molar-refractivity contribution >= 4 is 5.91 Å². The molecule has 74 valence electrons. The first-order chi connectivity index (χ1) is 6.18. The molecule has 1 aliphatic heterocycles. The maximum Gasteiger partial charge on any atom is 0.225 e. The van der Waals surface area contributed by atoms with Gasteiger partial charge in [0.05, 0.1) is 0 Å². The Labute approximate surface area is 80.3 Å². The minimum absolute atomic E-state index is 0.408. The largest absolute Gasteiger partial charge is 0.342 e. The highest BCUT2D eigenvalue weighted by Crippen LogP contribution is 2.33. The Bertz CT molecular complexity index is 208. The molecule has 0 N–H and O–H groups in total. The lowest BCUT2D eigenvalue weighted by molar-refractivity contribution is -0.131. The van der Waals surface area contributed by atoms with Crippen LogP contribution < -0.4 is 0 Å². The fraction of sp³-hybridized carbons (Fsp3) is 0.909. The molecule has 2 fully saturated rings. The van der Waals surface area contributed by atoms with Crippen LogP contribution in [0.25, 0.3) is 0 Å². The third-order valence-corrected chi connectivity index (χ3v) is 3.41. The maximum atomic E-state index is 11.7. The molecular weight excluding hydrogens is 162 g/mol. The highest BCUT2D eigenvalue weighted by atomic mass is 16.2. The molecule has 2 rings (SSSR count). The monoisotopic (exact) mass is 181 g/mol. The Morgan fingerprint density at radius 2 is 2.00 bits per heavy atom. The van der Waals surface area contributed by atoms with Gasteiger partial charge in [-0.15, -0.1) is 0 Å². The van der Waals surface area contributed by atoms with Crippen molar-refractivity contribution in [2.75, 3.05) is 13.1 Å². The van der Waals surface area contributed by atoms with Gasteiger partial charge in [0.2, 0.25) is 5.91 Å². The predicted molar refractivity (Wildman–Crippen MR) is 52.2 cm³/mol. The number of hydrogen-bond donors (Lipinski definition) is 0. The summed E-state index contributed by atoms with van der Waals surface area (Å²) in [6.45, 7) is 6.55. The molecule has 1 aliphatic carbocycles. The third-order valence-electron chi connectivity index (χ3n) is 3.41. The molecule has 0 aromatic carbocycles. The normalized spacial score (nSPS) is 28.5. The van der Waals surface area contributed by atoms with Gasteiger partial charge >= 0.3 is 0 Å². The van der Waals surface area contributed by atoms with Gasteiger partial charge in [-0.05, 0) is 31.1 Å². The Hall–Kier alpha value is -0.530. The Kier molecular flexibility index (Phi) is 2.31. The predicted octanol–water partition coefficient (Wildman–Crippen LogP) is 1.90. The van der Waals surface area contributed by atoms with E-state index < -0.39 is 0 Å². The summed E-state index contributed by atoms with van der Waals surface area (Å²) in [6, 6.07) is 0. The van der Waals surface area contributed by atoms with Crippen LogP contribution in [0.5, 0.6) is 0 Å². The van der Waals surface area contributed by atoms with Crippen molar-refractivity contribution in [3.63, 3.8) is 0 Å². The van der Waals surface area contributed by atoms with E-state index in [0.717, 1.165) is 37.8 Å². The third kappa shape index (κ3) is 1.87. The summed E-state index contributed by atoms with van der Waals surface area (Å²) in [5.74, 6) is 2.33. The van der Waals surface area contributed by atoms with E-state index in [0.29, 0.717) is 11.8 Å². The molecule has 1 heterocycles. The zero-order valence-electron chi connectivity index (χ0n) is 8.62. The summed E-state index contributed by atoms with van der Waals surface area (Å²) >= 11 is 0. The first-order valence-electron chi connectivity index (χ1n) is 5.47. The van der Waals surface area contributed by atoms with Gasteiger partial charge < -0.3 is 4.90 Å². The molecule has 1 saturated carbocycles. The van der Waals surface area contributed by atoms with Gasteiger partial charge in [0.25, 0.3) is 0 Å². The van der Waals surface area contributed by atoms with Crippen LogP contribution in [-0.4, -0.2) is 23.9 Å². The highest BCUT2D eigenvalue weighted by Gasteiger charge is 2.36. The summed E-state index contributed by atoms with van der Waals surface area (Å²) in [6.07, 6.45) is 3.50. The molecule has 0 spiro atoms. The average Bonchev–Trinajstić information content (AvgIpc) is 2.81. The first kappa shape index (κ1) is 9.04. The molecule has 2 aliphatic rings. The van der Waals surface area contributed by atoms with Crippen molar-refractivity contribution in [2.45, 2.75) is 33.1 Å². The topological polar surface area (TPSA) is 20.3 Å². The lowest BCUT2D eigenvalue weighted by Gasteiger charge is -2.17. The second-order valence-electron chi connectivity index (χ2n) is 4.85. The van der Waals surface area contributed by atoms with Crippen LogP contribution in [0, 0.1) is 17.8 Å². The molecule has 0 unspecified atom stereocenters. The Morgan fingerprint density at radius 3 is 2.46 bits per heavy atom. The van der Waals surface area contributed by atoms with Gasteiger partial charge in [0, 0.05) is 19.0 Å². The quantitative estimate of drug-likeness (QED) is 0.637. The number of carbonyl (C=O) groups is 1. The summed E-state index contributed by atoms with van der Waals surface area (Å²) in [5, 5.41) is 0. The molecule has 0 bridgehead atoms. The van der Waals surface area contributed by atoms with E-state index >= 15 is 0 Å². The second kappa shape index (κ2) is 3.32. The first-order valence-corrected chi connectivity index (χ1v) is 5.47. The second-order valence-corrected chi connectivity index (χ2v) is 4.85. The van der Waals surface area contributed by atoms with Crippen molar-refractivity contribution in [1.29, 1.82) is 0 Å². The van der Waals surface area contributed by atoms with Gasteiger partial charge in [0.15, 0.2) is 0 Å². The zero-order valence-corrected chi connectivity index (χ0v) is 8.62. The number of likely N-dealkylation sites (tertiary alicyclic amines) is 1. The van der Waals surface area contributed by atoms with Gasteiger partial charge in [-0.25, -0.2) is 0 Å². The van der Waals surface area contributed by atoms with Crippen LogP contribution in [-0.2, 0) is 4.79 Å². The molecule has 1 atom stereocenters. The number of hydrogen-bond acceptors (Lipinski definition) is 1. The van der Waals surface area contributed by atoms with Gasteiger partial charge in [-0.2, -0.15) is 0 Å². The van der Waals surface area contributed by atoms with Crippen LogP contribution in [0.1, 0.15) is 33.1 Å². The summed E-state index contributed by atoms with van der Waals surface area (Å²) < 4.78 is 0. The van der Waals surface area contributed by atoms with Crippen LogP contribution in [0.3, 0.4) is 0 Å². The number of carbonyl (C=O) groups excluding carboxylic acids is 1.